The second-order valence-corrected chi connectivity index (χ2v) is 7.44. The molecule has 1 N–H and O–H groups in total. The highest BCUT2D eigenvalue weighted by molar-refractivity contribution is 6.29. The van der Waals surface area contributed by atoms with E-state index in [-0.39, 0.29) is 12.3 Å². The molecule has 2 aromatic heterocycles. The number of halogens is 1. The van der Waals surface area contributed by atoms with Crippen molar-refractivity contribution in [2.24, 2.45) is 5.92 Å². The first-order chi connectivity index (χ1) is 12.6. The van der Waals surface area contributed by atoms with Crippen LogP contribution in [0.2, 0.25) is 5.15 Å². The second-order valence-electron chi connectivity index (χ2n) is 7.06. The highest BCUT2D eigenvalue weighted by Crippen LogP contribution is 2.31. The summed E-state index contributed by atoms with van der Waals surface area (Å²) in [5.41, 5.74) is 0.695. The molecule has 0 aromatic carbocycles. The van der Waals surface area contributed by atoms with Gasteiger partial charge in [-0.15, -0.1) is 0 Å². The summed E-state index contributed by atoms with van der Waals surface area (Å²) in [7, 11) is 0. The van der Waals surface area contributed by atoms with Gasteiger partial charge < -0.3 is 9.63 Å². The molecule has 1 unspecified atom stereocenters. The number of aliphatic carboxylic acids is 1. The van der Waals surface area contributed by atoms with Crippen molar-refractivity contribution in [2.45, 2.75) is 63.7 Å². The summed E-state index contributed by atoms with van der Waals surface area (Å²) in [6, 6.07) is 3.42. The van der Waals surface area contributed by atoms with Crippen LogP contribution in [0.25, 0.3) is 11.4 Å². The summed E-state index contributed by atoms with van der Waals surface area (Å²) in [6.45, 7) is 0. The molecule has 0 bridgehead atoms. The zero-order chi connectivity index (χ0) is 18.4. The number of aromatic nitrogens is 3. The predicted molar refractivity (Wildman–Crippen MR) is 98.0 cm³/mol. The normalized spacial score (nSPS) is 16.5. The highest BCUT2D eigenvalue weighted by atomic mass is 35.5. The van der Waals surface area contributed by atoms with Gasteiger partial charge in [-0.25, -0.2) is 4.98 Å². The Morgan fingerprint density at radius 2 is 2.12 bits per heavy atom. The van der Waals surface area contributed by atoms with Crippen molar-refractivity contribution in [3.05, 3.63) is 29.4 Å². The third kappa shape index (κ3) is 5.27. The largest absolute Gasteiger partial charge is 0.481 e. The zero-order valence-corrected chi connectivity index (χ0v) is 15.5. The van der Waals surface area contributed by atoms with E-state index in [0.717, 1.165) is 25.2 Å². The predicted octanol–water partition coefficient (Wildman–Crippen LogP) is 5.09. The Kier molecular flexibility index (Phi) is 6.61. The van der Waals surface area contributed by atoms with Gasteiger partial charge in [-0.3, -0.25) is 4.79 Å². The molecule has 1 saturated carbocycles. The number of nitrogens with zero attached hydrogens (tertiary/aromatic N) is 3. The molecule has 26 heavy (non-hydrogen) atoms. The Bertz CT molecular complexity index is 711. The van der Waals surface area contributed by atoms with Crippen LogP contribution < -0.4 is 0 Å². The monoisotopic (exact) mass is 377 g/mol. The molecule has 7 heteroatoms. The van der Waals surface area contributed by atoms with Crippen LogP contribution in [0.15, 0.2) is 22.9 Å². The van der Waals surface area contributed by atoms with Gasteiger partial charge >= 0.3 is 5.97 Å². The van der Waals surface area contributed by atoms with E-state index in [1.165, 1.54) is 32.1 Å². The van der Waals surface area contributed by atoms with Crippen molar-refractivity contribution in [2.75, 3.05) is 0 Å². The second kappa shape index (κ2) is 9.12. The molecule has 1 aliphatic rings. The van der Waals surface area contributed by atoms with Gasteiger partial charge in [0, 0.05) is 17.7 Å². The lowest BCUT2D eigenvalue weighted by Gasteiger charge is -2.21. The summed E-state index contributed by atoms with van der Waals surface area (Å²) in [5, 5.41) is 13.6. The molecule has 1 atom stereocenters. The van der Waals surface area contributed by atoms with Crippen molar-refractivity contribution in [1.82, 2.24) is 15.1 Å². The number of hydrogen-bond donors (Lipinski definition) is 1. The fraction of sp³-hybridized carbons (Fsp3) is 0.579. The molecule has 0 amide bonds. The van der Waals surface area contributed by atoms with E-state index >= 15 is 0 Å². The Morgan fingerprint density at radius 3 is 2.81 bits per heavy atom. The lowest BCUT2D eigenvalue weighted by Crippen LogP contribution is -2.09. The quantitative estimate of drug-likeness (QED) is 0.644. The Hall–Kier alpha value is -1.95. The maximum atomic E-state index is 11.2. The summed E-state index contributed by atoms with van der Waals surface area (Å²) < 4.78 is 5.37. The third-order valence-electron chi connectivity index (χ3n) is 5.09. The zero-order valence-electron chi connectivity index (χ0n) is 14.7. The van der Waals surface area contributed by atoms with E-state index in [2.05, 4.69) is 15.1 Å². The van der Waals surface area contributed by atoms with Crippen molar-refractivity contribution in [3.8, 4) is 11.4 Å². The fourth-order valence-electron chi connectivity index (χ4n) is 3.68. The molecule has 3 rings (SSSR count). The summed E-state index contributed by atoms with van der Waals surface area (Å²) in [4.78, 5) is 19.7. The molecule has 2 aromatic rings. The molecule has 140 valence electrons. The van der Waals surface area contributed by atoms with Gasteiger partial charge in [0.25, 0.3) is 0 Å². The Balaban J connectivity index is 1.63. The maximum absolute atomic E-state index is 11.2. The number of carbonyl (C=O) groups is 1. The van der Waals surface area contributed by atoms with Crippen LogP contribution >= 0.6 is 11.6 Å². The lowest BCUT2D eigenvalue weighted by molar-refractivity contribution is -0.137. The summed E-state index contributed by atoms with van der Waals surface area (Å²) in [6.07, 6.45) is 11.1. The first kappa shape index (κ1) is 18.8. The smallest absolute Gasteiger partial charge is 0.304 e. The number of pyridine rings is 1. The molecular formula is C19H24ClN3O3. The average molecular weight is 378 g/mol. The van der Waals surface area contributed by atoms with Crippen LogP contribution in [0.1, 0.15) is 69.6 Å². The van der Waals surface area contributed by atoms with Crippen LogP contribution in [0, 0.1) is 5.92 Å². The van der Waals surface area contributed by atoms with Crippen molar-refractivity contribution >= 4 is 17.6 Å². The average Bonchev–Trinajstić information content (AvgIpc) is 3.12. The Morgan fingerprint density at radius 1 is 1.31 bits per heavy atom. The van der Waals surface area contributed by atoms with E-state index in [0.29, 0.717) is 22.4 Å². The van der Waals surface area contributed by atoms with Gasteiger partial charge in [-0.05, 0) is 24.5 Å². The number of carboxylic acid groups (broad SMARTS) is 1. The first-order valence-electron chi connectivity index (χ1n) is 9.29. The van der Waals surface area contributed by atoms with Crippen molar-refractivity contribution in [1.29, 1.82) is 0 Å². The van der Waals surface area contributed by atoms with Crippen LogP contribution in [-0.2, 0) is 4.79 Å². The molecule has 0 spiro atoms. The minimum atomic E-state index is -0.847. The molecule has 6 nitrogen and oxygen atoms in total. The third-order valence-corrected chi connectivity index (χ3v) is 5.31. The summed E-state index contributed by atoms with van der Waals surface area (Å²) in [5.74, 6) is 0.485. The van der Waals surface area contributed by atoms with E-state index in [9.17, 15) is 9.90 Å². The molecule has 2 heterocycles. The van der Waals surface area contributed by atoms with Gasteiger partial charge in [-0.1, -0.05) is 61.7 Å². The molecule has 1 fully saturated rings. The van der Waals surface area contributed by atoms with E-state index in [1.54, 1.807) is 18.3 Å². The fourth-order valence-corrected chi connectivity index (χ4v) is 3.79. The van der Waals surface area contributed by atoms with Gasteiger partial charge in [0.1, 0.15) is 5.15 Å². The van der Waals surface area contributed by atoms with Gasteiger partial charge in [0.05, 0.1) is 6.42 Å². The maximum Gasteiger partial charge on any atom is 0.304 e. The molecule has 1 aliphatic carbocycles. The number of hydrogen-bond acceptors (Lipinski definition) is 5. The van der Waals surface area contributed by atoms with E-state index in [4.69, 9.17) is 16.1 Å². The van der Waals surface area contributed by atoms with Gasteiger partial charge in [0.15, 0.2) is 0 Å². The van der Waals surface area contributed by atoms with Crippen LogP contribution in [0.5, 0.6) is 0 Å². The minimum absolute atomic E-state index is 0.00513. The van der Waals surface area contributed by atoms with E-state index < -0.39 is 5.97 Å². The van der Waals surface area contributed by atoms with Crippen molar-refractivity contribution < 1.29 is 14.4 Å². The van der Waals surface area contributed by atoms with Gasteiger partial charge in [-0.2, -0.15) is 4.98 Å². The number of carboxylic acids is 1. The van der Waals surface area contributed by atoms with Crippen LogP contribution in [0.3, 0.4) is 0 Å². The SMILES string of the molecule is O=C(O)CC(CCCC1CCCCC1)c1nc(-c2ccc(Cl)nc2)no1. The van der Waals surface area contributed by atoms with Gasteiger partial charge in [0.2, 0.25) is 11.7 Å². The van der Waals surface area contributed by atoms with Crippen LogP contribution in [-0.4, -0.2) is 26.2 Å². The summed E-state index contributed by atoms with van der Waals surface area (Å²) >= 11 is 5.79. The Labute approximate surface area is 158 Å². The molecule has 0 aliphatic heterocycles. The minimum Gasteiger partial charge on any atom is -0.481 e. The standard InChI is InChI=1S/C19H24ClN3O3/c20-16-10-9-15(12-21-16)18-22-19(26-23-18)14(11-17(24)25)8-4-7-13-5-2-1-3-6-13/h9-10,12-14H,1-8,11H2,(H,24,25). The highest BCUT2D eigenvalue weighted by Gasteiger charge is 2.23. The van der Waals surface area contributed by atoms with Crippen LogP contribution in [0.4, 0.5) is 0 Å². The molecule has 0 radical (unpaired) electrons. The van der Waals surface area contributed by atoms with Crippen molar-refractivity contribution in [3.63, 3.8) is 0 Å². The topological polar surface area (TPSA) is 89.1 Å². The van der Waals surface area contributed by atoms with E-state index in [1.807, 2.05) is 0 Å². The number of rotatable bonds is 8. The molecular weight excluding hydrogens is 354 g/mol. The molecule has 0 saturated heterocycles. The lowest BCUT2D eigenvalue weighted by atomic mass is 9.84. The first-order valence-corrected chi connectivity index (χ1v) is 9.67.